The molecule has 0 aliphatic carbocycles. The van der Waals surface area contributed by atoms with Crippen molar-refractivity contribution in [2.24, 2.45) is 4.99 Å². The number of carbonyl (C=O) groups is 1. The molecule has 0 bridgehead atoms. The lowest BCUT2D eigenvalue weighted by atomic mass is 10.2. The molecule has 0 unspecified atom stereocenters. The molecular weight excluding hydrogens is 246 g/mol. The van der Waals surface area contributed by atoms with Crippen molar-refractivity contribution in [1.82, 2.24) is 0 Å². The molecule has 0 atom stereocenters. The van der Waals surface area contributed by atoms with Crippen molar-refractivity contribution in [3.63, 3.8) is 0 Å². The number of aromatic carboxylic acids is 1. The SMILES string of the molecule is O=C=Nc1ccc(Oc2cccc(C(=O)O)c2)cc1. The minimum Gasteiger partial charge on any atom is -0.478 e. The number of isocyanates is 1. The van der Waals surface area contributed by atoms with Crippen LogP contribution in [-0.4, -0.2) is 17.2 Å². The maximum absolute atomic E-state index is 10.8. The molecule has 0 spiro atoms. The number of carbonyl (C=O) groups excluding carboxylic acids is 1. The Morgan fingerprint density at radius 1 is 1.11 bits per heavy atom. The molecule has 5 nitrogen and oxygen atoms in total. The molecule has 0 radical (unpaired) electrons. The molecule has 1 N–H and O–H groups in total. The molecule has 0 aliphatic heterocycles. The fraction of sp³-hybridized carbons (Fsp3) is 0. The quantitative estimate of drug-likeness (QED) is 0.672. The highest BCUT2D eigenvalue weighted by Gasteiger charge is 2.04. The van der Waals surface area contributed by atoms with Crippen LogP contribution in [0.5, 0.6) is 11.5 Å². The molecular formula is C14H9NO4. The van der Waals surface area contributed by atoms with E-state index >= 15 is 0 Å². The van der Waals surface area contributed by atoms with Gasteiger partial charge in [0.15, 0.2) is 0 Å². The Kier molecular flexibility index (Phi) is 3.71. The first-order chi connectivity index (χ1) is 9.19. The van der Waals surface area contributed by atoms with E-state index in [4.69, 9.17) is 9.84 Å². The zero-order valence-corrected chi connectivity index (χ0v) is 9.74. The van der Waals surface area contributed by atoms with Gasteiger partial charge in [0.25, 0.3) is 0 Å². The smallest absolute Gasteiger partial charge is 0.335 e. The lowest BCUT2D eigenvalue weighted by Gasteiger charge is -2.06. The summed E-state index contributed by atoms with van der Waals surface area (Å²) in [7, 11) is 0. The summed E-state index contributed by atoms with van der Waals surface area (Å²) >= 11 is 0. The van der Waals surface area contributed by atoms with Crippen LogP contribution < -0.4 is 4.74 Å². The maximum atomic E-state index is 10.8. The van der Waals surface area contributed by atoms with Gasteiger partial charge in [0, 0.05) is 0 Å². The molecule has 2 aromatic rings. The summed E-state index contributed by atoms with van der Waals surface area (Å²) in [5.41, 5.74) is 0.626. The van der Waals surface area contributed by atoms with Crippen LogP contribution in [0.3, 0.4) is 0 Å². The summed E-state index contributed by atoms with van der Waals surface area (Å²) < 4.78 is 5.50. The Labute approximate surface area is 108 Å². The highest BCUT2D eigenvalue weighted by Crippen LogP contribution is 2.24. The second-order valence-electron chi connectivity index (χ2n) is 3.63. The number of aliphatic imine (C=N–C) groups is 1. The molecule has 0 heterocycles. The van der Waals surface area contributed by atoms with Gasteiger partial charge >= 0.3 is 5.97 Å². The van der Waals surface area contributed by atoms with Gasteiger partial charge in [0.1, 0.15) is 11.5 Å². The summed E-state index contributed by atoms with van der Waals surface area (Å²) in [5, 5.41) is 8.87. The van der Waals surface area contributed by atoms with Crippen LogP contribution in [0.4, 0.5) is 5.69 Å². The van der Waals surface area contributed by atoms with Crippen LogP contribution >= 0.6 is 0 Å². The molecule has 94 valence electrons. The minimum atomic E-state index is -1.01. The molecule has 5 heteroatoms. The Bertz CT molecular complexity index is 643. The van der Waals surface area contributed by atoms with Crippen molar-refractivity contribution in [3.8, 4) is 11.5 Å². The van der Waals surface area contributed by atoms with Crippen LogP contribution in [-0.2, 0) is 4.79 Å². The number of carboxylic acids is 1. The zero-order chi connectivity index (χ0) is 13.7. The first-order valence-corrected chi connectivity index (χ1v) is 5.38. The zero-order valence-electron chi connectivity index (χ0n) is 9.74. The second kappa shape index (κ2) is 5.62. The van der Waals surface area contributed by atoms with Gasteiger partial charge in [0.2, 0.25) is 6.08 Å². The van der Waals surface area contributed by atoms with E-state index in [0.717, 1.165) is 0 Å². The maximum Gasteiger partial charge on any atom is 0.335 e. The standard InChI is InChI=1S/C14H9NO4/c16-9-15-11-4-6-12(7-5-11)19-13-3-1-2-10(8-13)14(17)18/h1-8H,(H,17,18). The fourth-order valence-electron chi connectivity index (χ4n) is 1.47. The van der Waals surface area contributed by atoms with Crippen molar-refractivity contribution >= 4 is 17.7 Å². The van der Waals surface area contributed by atoms with Crippen LogP contribution in [0.25, 0.3) is 0 Å². The van der Waals surface area contributed by atoms with E-state index in [1.54, 1.807) is 36.4 Å². The predicted octanol–water partition coefficient (Wildman–Crippen LogP) is 3.14. The van der Waals surface area contributed by atoms with Crippen molar-refractivity contribution in [2.75, 3.05) is 0 Å². The lowest BCUT2D eigenvalue weighted by molar-refractivity contribution is 0.0696. The Morgan fingerprint density at radius 3 is 2.47 bits per heavy atom. The van der Waals surface area contributed by atoms with E-state index in [-0.39, 0.29) is 5.56 Å². The average Bonchev–Trinajstić information content (AvgIpc) is 2.42. The number of hydrogen-bond donors (Lipinski definition) is 1. The molecule has 0 saturated heterocycles. The number of ether oxygens (including phenoxy) is 1. The largest absolute Gasteiger partial charge is 0.478 e. The first-order valence-electron chi connectivity index (χ1n) is 5.38. The molecule has 0 fully saturated rings. The Balaban J connectivity index is 2.18. The van der Waals surface area contributed by atoms with E-state index in [9.17, 15) is 9.59 Å². The molecule has 0 saturated carbocycles. The summed E-state index contributed by atoms with van der Waals surface area (Å²) in [6.07, 6.45) is 1.44. The average molecular weight is 255 g/mol. The van der Waals surface area contributed by atoms with Crippen LogP contribution in [0.1, 0.15) is 10.4 Å². The summed E-state index contributed by atoms with van der Waals surface area (Å²) in [5.74, 6) is -0.0694. The van der Waals surface area contributed by atoms with Crippen molar-refractivity contribution in [3.05, 3.63) is 54.1 Å². The first kappa shape index (κ1) is 12.5. The van der Waals surface area contributed by atoms with Gasteiger partial charge in [-0.1, -0.05) is 6.07 Å². The number of benzene rings is 2. The number of nitrogens with zero attached hydrogens (tertiary/aromatic N) is 1. The summed E-state index contributed by atoms with van der Waals surface area (Å²) in [4.78, 5) is 24.3. The molecule has 2 aromatic carbocycles. The van der Waals surface area contributed by atoms with Gasteiger partial charge in [-0.05, 0) is 42.5 Å². The van der Waals surface area contributed by atoms with E-state index in [0.29, 0.717) is 17.2 Å². The highest BCUT2D eigenvalue weighted by molar-refractivity contribution is 5.88. The van der Waals surface area contributed by atoms with E-state index in [2.05, 4.69) is 4.99 Å². The summed E-state index contributed by atoms with van der Waals surface area (Å²) in [6.45, 7) is 0. The lowest BCUT2D eigenvalue weighted by Crippen LogP contribution is -1.95. The number of hydrogen-bond acceptors (Lipinski definition) is 4. The van der Waals surface area contributed by atoms with Gasteiger partial charge in [-0.25, -0.2) is 9.59 Å². The molecule has 19 heavy (non-hydrogen) atoms. The topological polar surface area (TPSA) is 76.0 Å². The highest BCUT2D eigenvalue weighted by atomic mass is 16.5. The van der Waals surface area contributed by atoms with Gasteiger partial charge in [-0.2, -0.15) is 4.99 Å². The van der Waals surface area contributed by atoms with Gasteiger partial charge in [-0.15, -0.1) is 0 Å². The predicted molar refractivity (Wildman–Crippen MR) is 67.7 cm³/mol. The van der Waals surface area contributed by atoms with E-state index < -0.39 is 5.97 Å². The van der Waals surface area contributed by atoms with Crippen LogP contribution in [0.15, 0.2) is 53.5 Å². The monoisotopic (exact) mass is 255 g/mol. The van der Waals surface area contributed by atoms with Gasteiger partial charge in [0.05, 0.1) is 11.3 Å². The van der Waals surface area contributed by atoms with Gasteiger partial charge in [-0.3, -0.25) is 0 Å². The molecule has 0 amide bonds. The van der Waals surface area contributed by atoms with Crippen molar-refractivity contribution in [2.45, 2.75) is 0 Å². The van der Waals surface area contributed by atoms with E-state index in [1.165, 1.54) is 18.2 Å². The molecule has 2 rings (SSSR count). The fourth-order valence-corrected chi connectivity index (χ4v) is 1.47. The second-order valence-corrected chi connectivity index (χ2v) is 3.63. The third-order valence-electron chi connectivity index (χ3n) is 2.33. The van der Waals surface area contributed by atoms with Crippen LogP contribution in [0.2, 0.25) is 0 Å². The third-order valence-corrected chi connectivity index (χ3v) is 2.33. The van der Waals surface area contributed by atoms with Gasteiger partial charge < -0.3 is 9.84 Å². The number of rotatable bonds is 4. The molecule has 0 aliphatic rings. The van der Waals surface area contributed by atoms with Crippen LogP contribution in [0, 0.1) is 0 Å². The third kappa shape index (κ3) is 3.28. The summed E-state index contributed by atoms with van der Waals surface area (Å²) in [6, 6.07) is 12.6. The number of carboxylic acid groups (broad SMARTS) is 1. The molecule has 0 aromatic heterocycles. The Morgan fingerprint density at radius 2 is 1.84 bits per heavy atom. The van der Waals surface area contributed by atoms with Crippen molar-refractivity contribution < 1.29 is 19.4 Å². The normalized spacial score (nSPS) is 9.47. The minimum absolute atomic E-state index is 0.152. The van der Waals surface area contributed by atoms with Crippen molar-refractivity contribution in [1.29, 1.82) is 0 Å². The van der Waals surface area contributed by atoms with E-state index in [1.807, 2.05) is 0 Å². The Hall–Kier alpha value is -2.91.